The maximum atomic E-state index is 11.8. The number of nitrogen functional groups attached to an aromatic ring is 1. The zero-order chi connectivity index (χ0) is 11.7. The molecule has 1 fully saturated rings. The molecule has 3 N–H and O–H groups in total. The molecule has 1 atom stereocenters. The number of nitrogens with two attached hydrogens (primary N) is 1. The molecule has 88 valence electrons. The van der Waals surface area contributed by atoms with Gasteiger partial charge in [-0.2, -0.15) is 0 Å². The minimum absolute atomic E-state index is 0.0114. The van der Waals surface area contributed by atoms with Crippen molar-refractivity contribution in [3.8, 4) is 0 Å². The Morgan fingerprint density at radius 2 is 2.38 bits per heavy atom. The second-order valence-electron chi connectivity index (χ2n) is 4.65. The molecule has 3 nitrogen and oxygen atoms in total. The molecule has 1 unspecified atom stereocenters. The first-order valence-corrected chi connectivity index (χ1v) is 6.53. The first-order chi connectivity index (χ1) is 7.58. The van der Waals surface area contributed by atoms with Gasteiger partial charge in [-0.1, -0.05) is 6.92 Å². The van der Waals surface area contributed by atoms with Gasteiger partial charge in [-0.15, -0.1) is 11.3 Å². The Morgan fingerprint density at radius 1 is 1.69 bits per heavy atom. The van der Waals surface area contributed by atoms with Crippen LogP contribution in [0.3, 0.4) is 0 Å². The SMILES string of the molecule is Cc1sc(C(=O)NCC(C)C2CC2)cc1N. The maximum absolute atomic E-state index is 11.8. The lowest BCUT2D eigenvalue weighted by molar-refractivity contribution is 0.0951. The van der Waals surface area contributed by atoms with Crippen molar-refractivity contribution >= 4 is 22.9 Å². The van der Waals surface area contributed by atoms with Gasteiger partial charge in [-0.25, -0.2) is 0 Å². The quantitative estimate of drug-likeness (QED) is 0.846. The van der Waals surface area contributed by atoms with E-state index in [0.29, 0.717) is 11.6 Å². The molecule has 1 aliphatic rings. The van der Waals surface area contributed by atoms with Crippen molar-refractivity contribution in [1.29, 1.82) is 0 Å². The fourth-order valence-electron chi connectivity index (χ4n) is 1.78. The van der Waals surface area contributed by atoms with Gasteiger partial charge in [0.15, 0.2) is 0 Å². The average Bonchev–Trinajstić information content (AvgIpc) is 3.03. The molecule has 1 aliphatic carbocycles. The van der Waals surface area contributed by atoms with Gasteiger partial charge in [0.25, 0.3) is 5.91 Å². The lowest BCUT2D eigenvalue weighted by Gasteiger charge is -2.10. The van der Waals surface area contributed by atoms with E-state index in [4.69, 9.17) is 5.73 Å². The molecule has 1 saturated carbocycles. The highest BCUT2D eigenvalue weighted by Crippen LogP contribution is 2.36. The number of aryl methyl sites for hydroxylation is 1. The number of anilines is 1. The van der Waals surface area contributed by atoms with Crippen molar-refractivity contribution < 1.29 is 4.79 Å². The summed E-state index contributed by atoms with van der Waals surface area (Å²) < 4.78 is 0. The highest BCUT2D eigenvalue weighted by molar-refractivity contribution is 7.14. The van der Waals surface area contributed by atoms with Crippen LogP contribution in [0.2, 0.25) is 0 Å². The Labute approximate surface area is 100 Å². The van der Waals surface area contributed by atoms with Crippen molar-refractivity contribution in [3.05, 3.63) is 15.8 Å². The Bertz CT molecular complexity index is 376. The third-order valence-corrected chi connectivity index (χ3v) is 4.26. The number of hydrogen-bond acceptors (Lipinski definition) is 3. The van der Waals surface area contributed by atoms with Gasteiger partial charge in [-0.05, 0) is 37.7 Å². The summed E-state index contributed by atoms with van der Waals surface area (Å²) in [5, 5.41) is 2.98. The number of thiophene rings is 1. The summed E-state index contributed by atoms with van der Waals surface area (Å²) in [7, 11) is 0. The van der Waals surface area contributed by atoms with Crippen molar-refractivity contribution in [3.63, 3.8) is 0 Å². The first kappa shape index (κ1) is 11.5. The number of carbonyl (C=O) groups excluding carboxylic acids is 1. The number of amides is 1. The summed E-state index contributed by atoms with van der Waals surface area (Å²) in [6.45, 7) is 4.91. The molecule has 4 heteroatoms. The summed E-state index contributed by atoms with van der Waals surface area (Å²) in [5.41, 5.74) is 6.44. The number of nitrogens with one attached hydrogen (secondary N) is 1. The molecule has 0 radical (unpaired) electrons. The van der Waals surface area contributed by atoms with E-state index in [2.05, 4.69) is 12.2 Å². The summed E-state index contributed by atoms with van der Waals surface area (Å²) in [4.78, 5) is 13.5. The van der Waals surface area contributed by atoms with Gasteiger partial charge in [0.05, 0.1) is 4.88 Å². The average molecular weight is 238 g/mol. The van der Waals surface area contributed by atoms with Gasteiger partial charge >= 0.3 is 0 Å². The van der Waals surface area contributed by atoms with Gasteiger partial charge < -0.3 is 11.1 Å². The molecular formula is C12H18N2OS. The smallest absolute Gasteiger partial charge is 0.261 e. The Hall–Kier alpha value is -1.03. The van der Waals surface area contributed by atoms with Crippen LogP contribution in [0.25, 0.3) is 0 Å². The van der Waals surface area contributed by atoms with E-state index < -0.39 is 0 Å². The van der Waals surface area contributed by atoms with Crippen molar-refractivity contribution in [2.45, 2.75) is 26.7 Å². The minimum Gasteiger partial charge on any atom is -0.398 e. The Balaban J connectivity index is 1.87. The molecule has 1 amide bonds. The minimum atomic E-state index is 0.0114. The van der Waals surface area contributed by atoms with E-state index in [1.54, 1.807) is 6.07 Å². The van der Waals surface area contributed by atoms with E-state index >= 15 is 0 Å². The van der Waals surface area contributed by atoms with Gasteiger partial charge in [0.1, 0.15) is 0 Å². The fourth-order valence-corrected chi connectivity index (χ4v) is 2.64. The van der Waals surface area contributed by atoms with E-state index in [9.17, 15) is 4.79 Å². The van der Waals surface area contributed by atoms with Crippen LogP contribution in [-0.4, -0.2) is 12.5 Å². The Kier molecular flexibility index (Phi) is 3.19. The number of hydrogen-bond donors (Lipinski definition) is 2. The summed E-state index contributed by atoms with van der Waals surface area (Å²) in [5.74, 6) is 1.44. The predicted molar refractivity (Wildman–Crippen MR) is 67.7 cm³/mol. The van der Waals surface area contributed by atoms with Gasteiger partial charge in [0.2, 0.25) is 0 Å². The van der Waals surface area contributed by atoms with Crippen molar-refractivity contribution in [1.82, 2.24) is 5.32 Å². The molecule has 1 heterocycles. The zero-order valence-corrected chi connectivity index (χ0v) is 10.6. The van der Waals surface area contributed by atoms with Crippen LogP contribution in [0.4, 0.5) is 5.69 Å². The predicted octanol–water partition coefficient (Wildman–Crippen LogP) is 2.41. The molecule has 0 aromatic carbocycles. The van der Waals surface area contributed by atoms with Crippen LogP contribution in [0.15, 0.2) is 6.07 Å². The third kappa shape index (κ3) is 2.55. The fraction of sp³-hybridized carbons (Fsp3) is 0.583. The molecular weight excluding hydrogens is 220 g/mol. The molecule has 1 aromatic heterocycles. The highest BCUT2D eigenvalue weighted by atomic mass is 32.1. The van der Waals surface area contributed by atoms with E-state index in [-0.39, 0.29) is 5.91 Å². The third-order valence-electron chi connectivity index (χ3n) is 3.19. The standard InChI is InChI=1S/C12H18N2OS/c1-7(9-3-4-9)6-14-12(15)11-5-10(13)8(2)16-11/h5,7,9H,3-4,6,13H2,1-2H3,(H,14,15). The molecule has 0 saturated heterocycles. The monoisotopic (exact) mass is 238 g/mol. The van der Waals surface area contributed by atoms with Crippen LogP contribution < -0.4 is 11.1 Å². The second-order valence-corrected chi connectivity index (χ2v) is 5.90. The largest absolute Gasteiger partial charge is 0.398 e. The van der Waals surface area contributed by atoms with E-state index in [1.807, 2.05) is 6.92 Å². The summed E-state index contributed by atoms with van der Waals surface area (Å²) in [6.07, 6.45) is 2.64. The number of rotatable bonds is 4. The number of carbonyl (C=O) groups is 1. The van der Waals surface area contributed by atoms with Crippen LogP contribution in [0.5, 0.6) is 0 Å². The van der Waals surface area contributed by atoms with Crippen LogP contribution >= 0.6 is 11.3 Å². The molecule has 0 aliphatic heterocycles. The van der Waals surface area contributed by atoms with Crippen LogP contribution in [0, 0.1) is 18.8 Å². The van der Waals surface area contributed by atoms with E-state index in [1.165, 1.54) is 24.2 Å². The first-order valence-electron chi connectivity index (χ1n) is 5.72. The topological polar surface area (TPSA) is 55.1 Å². The second kappa shape index (κ2) is 4.45. The summed E-state index contributed by atoms with van der Waals surface area (Å²) in [6, 6.07) is 1.76. The van der Waals surface area contributed by atoms with E-state index in [0.717, 1.165) is 22.2 Å². The molecule has 16 heavy (non-hydrogen) atoms. The van der Waals surface area contributed by atoms with Crippen LogP contribution in [-0.2, 0) is 0 Å². The normalized spacial score (nSPS) is 17.1. The van der Waals surface area contributed by atoms with Crippen molar-refractivity contribution in [2.75, 3.05) is 12.3 Å². The molecule has 2 rings (SSSR count). The van der Waals surface area contributed by atoms with Gasteiger partial charge in [-0.3, -0.25) is 4.79 Å². The summed E-state index contributed by atoms with van der Waals surface area (Å²) >= 11 is 1.46. The highest BCUT2D eigenvalue weighted by Gasteiger charge is 2.28. The lowest BCUT2D eigenvalue weighted by atomic mass is 10.1. The zero-order valence-electron chi connectivity index (χ0n) is 9.75. The lowest BCUT2D eigenvalue weighted by Crippen LogP contribution is -2.28. The van der Waals surface area contributed by atoms with Gasteiger partial charge in [0, 0.05) is 17.1 Å². The Morgan fingerprint density at radius 3 is 2.88 bits per heavy atom. The maximum Gasteiger partial charge on any atom is 0.261 e. The molecule has 0 spiro atoms. The van der Waals surface area contributed by atoms with Crippen LogP contribution in [0.1, 0.15) is 34.3 Å². The van der Waals surface area contributed by atoms with Crippen molar-refractivity contribution in [2.24, 2.45) is 11.8 Å². The molecule has 0 bridgehead atoms. The molecule has 1 aromatic rings.